The third kappa shape index (κ3) is 14.2. The Bertz CT molecular complexity index is 145. The number of aliphatic carboxylic acids is 1. The number of rotatable bonds is 3. The summed E-state index contributed by atoms with van der Waals surface area (Å²) >= 11 is 0. The number of carbonyl (C=O) groups excluding carboxylic acids is 1. The number of carboxylic acid groups (broad SMARTS) is 1. The highest BCUT2D eigenvalue weighted by Gasteiger charge is 2.15. The van der Waals surface area contributed by atoms with Crippen molar-refractivity contribution in [3.63, 3.8) is 0 Å². The van der Waals surface area contributed by atoms with Crippen molar-refractivity contribution < 1.29 is 19.5 Å². The molecule has 0 heterocycles. The van der Waals surface area contributed by atoms with E-state index in [4.69, 9.17) is 5.11 Å². The maximum atomic E-state index is 9.26. The Balaban J connectivity index is -0.000000177. The standard InChI is InChI=1S/C6H16NO.C3H6O2.ClH/c1-6(5-8)7(2,3)4;1-2-3(4)5;/h6,8H,5H2,1-4H3;2H2,1H3,(H,4,5);1H/q+1;;/p-1. The Morgan fingerprint density at radius 2 is 1.71 bits per heavy atom. The van der Waals surface area contributed by atoms with Crippen LogP contribution in [0.2, 0.25) is 0 Å². The van der Waals surface area contributed by atoms with Crippen LogP contribution in [0.1, 0.15) is 20.3 Å². The lowest BCUT2D eigenvalue weighted by Gasteiger charge is -2.29. The molecule has 0 saturated heterocycles. The Hall–Kier alpha value is -0.320. The zero-order chi connectivity index (χ0) is 11.1. The molecule has 0 aromatic rings. The molecule has 0 aromatic carbocycles. The van der Waals surface area contributed by atoms with Crippen LogP contribution in [0.3, 0.4) is 0 Å². The van der Waals surface area contributed by atoms with E-state index in [0.29, 0.717) is 6.04 Å². The third-order valence-corrected chi connectivity index (χ3v) is 1.88. The van der Waals surface area contributed by atoms with Gasteiger partial charge in [-0.3, -0.25) is 0 Å². The molecule has 0 fully saturated rings. The van der Waals surface area contributed by atoms with Gasteiger partial charge in [0.1, 0.15) is 6.04 Å². The second-order valence-electron chi connectivity index (χ2n) is 3.87. The largest absolute Gasteiger partial charge is 0.550 e. The summed E-state index contributed by atoms with van der Waals surface area (Å²) in [6.07, 6.45) is 0.111. The highest BCUT2D eigenvalue weighted by Crippen LogP contribution is 1.98. The minimum absolute atomic E-state index is 0. The van der Waals surface area contributed by atoms with Gasteiger partial charge >= 0.3 is 0 Å². The summed E-state index contributed by atoms with van der Waals surface area (Å²) in [5, 5.41) is 17.9. The van der Waals surface area contributed by atoms with Gasteiger partial charge in [0, 0.05) is 5.97 Å². The van der Waals surface area contributed by atoms with Crippen molar-refractivity contribution in [1.82, 2.24) is 0 Å². The number of carbonyl (C=O) groups is 1. The van der Waals surface area contributed by atoms with Crippen LogP contribution in [0, 0.1) is 0 Å². The van der Waals surface area contributed by atoms with Gasteiger partial charge in [0.25, 0.3) is 0 Å². The molecule has 0 rings (SSSR count). The molecule has 4 nitrogen and oxygen atoms in total. The topological polar surface area (TPSA) is 60.4 Å². The summed E-state index contributed by atoms with van der Waals surface area (Å²) in [5.41, 5.74) is 0. The fourth-order valence-corrected chi connectivity index (χ4v) is 0.245. The first kappa shape index (κ1) is 19.3. The van der Waals surface area contributed by atoms with Gasteiger partial charge in [0.2, 0.25) is 0 Å². The van der Waals surface area contributed by atoms with Crippen molar-refractivity contribution in [2.75, 3.05) is 27.7 Å². The summed E-state index contributed by atoms with van der Waals surface area (Å²) in [6.45, 7) is 3.83. The van der Waals surface area contributed by atoms with Crippen LogP contribution >= 0.6 is 12.4 Å². The Kier molecular flexibility index (Phi) is 12.7. The second kappa shape index (κ2) is 9.24. The Morgan fingerprint density at radius 1 is 1.43 bits per heavy atom. The number of quaternary nitrogens is 1. The molecule has 88 valence electrons. The molecular weight excluding hydrogens is 206 g/mol. The molecule has 0 bridgehead atoms. The molecule has 0 aliphatic carbocycles. The fraction of sp³-hybridized carbons (Fsp3) is 0.889. The van der Waals surface area contributed by atoms with E-state index in [1.165, 1.54) is 6.92 Å². The van der Waals surface area contributed by atoms with Gasteiger partial charge in [-0.25, -0.2) is 0 Å². The molecule has 1 unspecified atom stereocenters. The van der Waals surface area contributed by atoms with Crippen LogP contribution in [0.15, 0.2) is 0 Å². The maximum absolute atomic E-state index is 9.26. The number of nitrogens with zero attached hydrogens (tertiary/aromatic N) is 1. The summed E-state index contributed by atoms with van der Waals surface area (Å²) in [5.74, 6) is -0.995. The van der Waals surface area contributed by atoms with E-state index in [1.807, 2.05) is 6.92 Å². The zero-order valence-corrected chi connectivity index (χ0v) is 10.4. The van der Waals surface area contributed by atoms with Gasteiger partial charge < -0.3 is 19.5 Å². The first-order valence-corrected chi connectivity index (χ1v) is 4.37. The molecule has 0 aliphatic heterocycles. The monoisotopic (exact) mass is 227 g/mol. The number of aliphatic hydroxyl groups is 1. The Labute approximate surface area is 92.5 Å². The van der Waals surface area contributed by atoms with E-state index in [1.54, 1.807) is 0 Å². The molecule has 0 aliphatic rings. The van der Waals surface area contributed by atoms with E-state index in [9.17, 15) is 9.90 Å². The summed E-state index contributed by atoms with van der Waals surface area (Å²) in [4.78, 5) is 9.26. The van der Waals surface area contributed by atoms with Gasteiger partial charge in [-0.05, 0) is 13.3 Å². The molecule has 0 saturated carbocycles. The van der Waals surface area contributed by atoms with Crippen molar-refractivity contribution in [2.24, 2.45) is 0 Å². The minimum Gasteiger partial charge on any atom is -0.550 e. The molecular formula is C9H22ClNO3. The highest BCUT2D eigenvalue weighted by molar-refractivity contribution is 5.85. The second-order valence-corrected chi connectivity index (χ2v) is 3.87. The Morgan fingerprint density at radius 3 is 1.71 bits per heavy atom. The summed E-state index contributed by atoms with van der Waals surface area (Å²) < 4.78 is 0.830. The van der Waals surface area contributed by atoms with Gasteiger partial charge in [-0.15, -0.1) is 12.4 Å². The van der Waals surface area contributed by atoms with Crippen molar-refractivity contribution in [3.8, 4) is 0 Å². The predicted molar refractivity (Wildman–Crippen MR) is 57.1 cm³/mol. The lowest BCUT2D eigenvalue weighted by molar-refractivity contribution is -0.894. The SMILES string of the molecule is CC(CO)[N+](C)(C)C.CCC(=O)[O-].Cl. The van der Waals surface area contributed by atoms with Gasteiger partial charge in [0.05, 0.1) is 27.7 Å². The fourth-order valence-electron chi connectivity index (χ4n) is 0.245. The van der Waals surface area contributed by atoms with E-state index >= 15 is 0 Å². The molecule has 0 aromatic heterocycles. The highest BCUT2D eigenvalue weighted by atomic mass is 35.5. The number of halogens is 1. The van der Waals surface area contributed by atoms with Crippen molar-refractivity contribution in [2.45, 2.75) is 26.3 Å². The van der Waals surface area contributed by atoms with E-state index in [0.717, 1.165) is 4.48 Å². The van der Waals surface area contributed by atoms with Crippen molar-refractivity contribution in [3.05, 3.63) is 0 Å². The van der Waals surface area contributed by atoms with Crippen LogP contribution in [0.25, 0.3) is 0 Å². The van der Waals surface area contributed by atoms with E-state index < -0.39 is 5.97 Å². The quantitative estimate of drug-likeness (QED) is 0.670. The number of aliphatic hydroxyl groups excluding tert-OH is 1. The zero-order valence-electron chi connectivity index (χ0n) is 9.61. The molecule has 0 amide bonds. The predicted octanol–water partition coefficient (Wildman–Crippen LogP) is -0.358. The number of hydrogen-bond donors (Lipinski definition) is 1. The van der Waals surface area contributed by atoms with E-state index in [-0.39, 0.29) is 25.4 Å². The maximum Gasteiger partial charge on any atom is 0.109 e. The third-order valence-electron chi connectivity index (χ3n) is 1.88. The molecule has 1 N–H and O–H groups in total. The molecule has 1 atom stereocenters. The molecule has 0 spiro atoms. The number of carboxylic acids is 1. The van der Waals surface area contributed by atoms with Gasteiger partial charge in [0.15, 0.2) is 0 Å². The first-order chi connectivity index (χ1) is 5.75. The molecule has 0 radical (unpaired) electrons. The van der Waals surface area contributed by atoms with Crippen LogP contribution < -0.4 is 5.11 Å². The van der Waals surface area contributed by atoms with Crippen LogP contribution in [0.4, 0.5) is 0 Å². The van der Waals surface area contributed by atoms with Crippen molar-refractivity contribution in [1.29, 1.82) is 0 Å². The van der Waals surface area contributed by atoms with Crippen LogP contribution in [0.5, 0.6) is 0 Å². The average molecular weight is 228 g/mol. The normalized spacial score (nSPS) is 11.9. The smallest absolute Gasteiger partial charge is 0.109 e. The number of likely N-dealkylation sites (N-methyl/N-ethyl adjacent to an activating group) is 1. The lowest BCUT2D eigenvalue weighted by Crippen LogP contribution is -2.45. The van der Waals surface area contributed by atoms with Crippen molar-refractivity contribution >= 4 is 18.4 Å². The lowest BCUT2D eigenvalue weighted by atomic mass is 10.3. The summed E-state index contributed by atoms with van der Waals surface area (Å²) in [6, 6.07) is 0.343. The number of hydrogen-bond acceptors (Lipinski definition) is 3. The van der Waals surface area contributed by atoms with Crippen LogP contribution in [-0.4, -0.2) is 49.4 Å². The van der Waals surface area contributed by atoms with Gasteiger partial charge in [-0.2, -0.15) is 0 Å². The van der Waals surface area contributed by atoms with Gasteiger partial charge in [-0.1, -0.05) is 6.92 Å². The van der Waals surface area contributed by atoms with E-state index in [2.05, 4.69) is 21.1 Å². The summed E-state index contributed by atoms with van der Waals surface area (Å²) in [7, 11) is 6.21. The minimum atomic E-state index is -0.995. The first-order valence-electron chi connectivity index (χ1n) is 4.37. The van der Waals surface area contributed by atoms with Crippen LogP contribution in [-0.2, 0) is 4.79 Å². The molecule has 14 heavy (non-hydrogen) atoms. The molecule has 5 heteroatoms. The average Bonchev–Trinajstić information content (AvgIpc) is 2.02.